The minimum atomic E-state index is 0. The number of nitrogens with zero attached hydrogens (tertiary/aromatic N) is 4. The van der Waals surface area contributed by atoms with E-state index in [0.29, 0.717) is 12.5 Å². The average Bonchev–Trinajstić information content (AvgIpc) is 2.88. The second-order valence-corrected chi connectivity index (χ2v) is 4.97. The smallest absolute Gasteiger partial charge is 0.220 e. The fraction of sp³-hybridized carbons (Fsp3) is 0.250. The number of aromatic nitrogens is 2. The highest BCUT2D eigenvalue weighted by atomic mass is 15.1. The number of hydrogen-bond donors (Lipinski definition) is 1. The number of azo groups is 1. The Morgan fingerprint density at radius 1 is 1.38 bits per heavy atom. The highest BCUT2D eigenvalue weighted by Crippen LogP contribution is 2.33. The zero-order chi connectivity index (χ0) is 14.8. The van der Waals surface area contributed by atoms with Crippen molar-refractivity contribution in [3.63, 3.8) is 0 Å². The first-order chi connectivity index (χ1) is 10.2. The molecule has 0 fully saturated rings. The van der Waals surface area contributed by atoms with Crippen molar-refractivity contribution in [2.75, 3.05) is 12.3 Å². The molecule has 0 saturated heterocycles. The summed E-state index contributed by atoms with van der Waals surface area (Å²) in [6, 6.07) is 6.19. The van der Waals surface area contributed by atoms with Gasteiger partial charge < -0.3 is 5.73 Å². The van der Waals surface area contributed by atoms with Gasteiger partial charge in [-0.2, -0.15) is 10.2 Å². The fourth-order valence-corrected chi connectivity index (χ4v) is 2.48. The number of fused-ring (bicyclic) bond motifs is 1. The number of nitrogen functional groups attached to an aromatic ring is 1. The van der Waals surface area contributed by atoms with E-state index in [1.807, 2.05) is 19.9 Å². The van der Waals surface area contributed by atoms with Gasteiger partial charge in [-0.15, -0.1) is 0 Å². The Hall–Kier alpha value is -2.56. The molecule has 1 aliphatic rings. The molecule has 3 rings (SSSR count). The first-order valence-electron chi connectivity index (χ1n) is 6.99. The van der Waals surface area contributed by atoms with Crippen LogP contribution < -0.4 is 5.73 Å². The SMILES string of the molecule is CCN=Nc1ccc(C2=CCc3nc(N)ncc32)cc1C.[HH]. The van der Waals surface area contributed by atoms with Crippen LogP contribution in [0.5, 0.6) is 0 Å². The molecule has 1 aromatic heterocycles. The number of hydrogen-bond acceptors (Lipinski definition) is 5. The Morgan fingerprint density at radius 2 is 2.24 bits per heavy atom. The molecule has 1 aromatic carbocycles. The quantitative estimate of drug-likeness (QED) is 0.871. The summed E-state index contributed by atoms with van der Waals surface area (Å²) in [5, 5.41) is 8.26. The molecule has 2 N–H and O–H groups in total. The molecule has 2 aromatic rings. The van der Waals surface area contributed by atoms with E-state index in [9.17, 15) is 0 Å². The normalized spacial score (nSPS) is 13.5. The predicted octanol–water partition coefficient (Wildman–Crippen LogP) is 3.70. The van der Waals surface area contributed by atoms with E-state index in [1.54, 1.807) is 6.20 Å². The highest BCUT2D eigenvalue weighted by molar-refractivity contribution is 5.84. The molecule has 0 radical (unpaired) electrons. The van der Waals surface area contributed by atoms with Crippen molar-refractivity contribution in [2.45, 2.75) is 20.3 Å². The molecule has 0 spiro atoms. The van der Waals surface area contributed by atoms with Crippen LogP contribution in [0.1, 0.15) is 30.7 Å². The van der Waals surface area contributed by atoms with Crippen molar-refractivity contribution in [3.8, 4) is 0 Å². The molecule has 1 aliphatic carbocycles. The van der Waals surface area contributed by atoms with Crippen LogP contribution in [0.2, 0.25) is 0 Å². The molecule has 1 heterocycles. The third-order valence-corrected chi connectivity index (χ3v) is 3.50. The van der Waals surface area contributed by atoms with Gasteiger partial charge in [0, 0.05) is 19.6 Å². The lowest BCUT2D eigenvalue weighted by atomic mass is 10.00. The molecular weight excluding hydrogens is 262 g/mol. The van der Waals surface area contributed by atoms with Crippen LogP contribution in [0, 0.1) is 6.92 Å². The van der Waals surface area contributed by atoms with Crippen LogP contribution in [0.15, 0.2) is 40.7 Å². The minimum Gasteiger partial charge on any atom is -0.368 e. The summed E-state index contributed by atoms with van der Waals surface area (Å²) in [7, 11) is 0. The predicted molar refractivity (Wildman–Crippen MR) is 85.6 cm³/mol. The summed E-state index contributed by atoms with van der Waals surface area (Å²) < 4.78 is 0. The van der Waals surface area contributed by atoms with E-state index in [2.05, 4.69) is 38.4 Å². The van der Waals surface area contributed by atoms with Gasteiger partial charge >= 0.3 is 0 Å². The highest BCUT2D eigenvalue weighted by Gasteiger charge is 2.18. The topological polar surface area (TPSA) is 76.5 Å². The zero-order valence-corrected chi connectivity index (χ0v) is 12.2. The number of anilines is 1. The van der Waals surface area contributed by atoms with Crippen LogP contribution in [0.3, 0.4) is 0 Å². The Kier molecular flexibility index (Phi) is 3.48. The second-order valence-electron chi connectivity index (χ2n) is 4.97. The molecule has 0 amide bonds. The van der Waals surface area contributed by atoms with Gasteiger partial charge in [-0.25, -0.2) is 9.97 Å². The molecular formula is C16H19N5. The molecule has 108 valence electrons. The standard InChI is InChI=1S/C16H17N5.H2/c1-3-19-21-14-6-4-11(8-10(14)2)12-5-7-15-13(12)9-18-16(17)20-15;/h4-6,8-9H,3,7H2,1-2H3,(H2,17,18,20);1H. The van der Waals surface area contributed by atoms with Crippen LogP contribution >= 0.6 is 0 Å². The molecule has 5 nitrogen and oxygen atoms in total. The first kappa shape index (κ1) is 13.4. The van der Waals surface area contributed by atoms with Crippen LogP contribution in [0.4, 0.5) is 11.6 Å². The van der Waals surface area contributed by atoms with E-state index in [-0.39, 0.29) is 1.43 Å². The summed E-state index contributed by atoms with van der Waals surface area (Å²) in [6.07, 6.45) is 4.77. The van der Waals surface area contributed by atoms with E-state index >= 15 is 0 Å². The van der Waals surface area contributed by atoms with Crippen molar-refractivity contribution in [1.82, 2.24) is 9.97 Å². The van der Waals surface area contributed by atoms with Gasteiger partial charge in [-0.1, -0.05) is 12.1 Å². The van der Waals surface area contributed by atoms with E-state index in [4.69, 9.17) is 5.73 Å². The molecule has 0 atom stereocenters. The number of benzene rings is 1. The second kappa shape index (κ2) is 5.44. The maximum absolute atomic E-state index is 5.64. The number of rotatable bonds is 3. The number of nitrogens with two attached hydrogens (primary N) is 1. The van der Waals surface area contributed by atoms with Crippen molar-refractivity contribution >= 4 is 17.2 Å². The molecule has 21 heavy (non-hydrogen) atoms. The van der Waals surface area contributed by atoms with Gasteiger partial charge in [0.2, 0.25) is 5.95 Å². The lowest BCUT2D eigenvalue weighted by Crippen LogP contribution is -1.99. The van der Waals surface area contributed by atoms with Crippen molar-refractivity contribution in [2.24, 2.45) is 10.2 Å². The lowest BCUT2D eigenvalue weighted by Gasteiger charge is -2.08. The van der Waals surface area contributed by atoms with Gasteiger partial charge in [0.15, 0.2) is 0 Å². The van der Waals surface area contributed by atoms with E-state index < -0.39 is 0 Å². The number of aryl methyl sites for hydroxylation is 1. The number of allylic oxidation sites excluding steroid dienone is 1. The lowest BCUT2D eigenvalue weighted by molar-refractivity contribution is 1.00. The Bertz CT molecular complexity index is 752. The maximum atomic E-state index is 5.64. The molecule has 0 saturated carbocycles. The van der Waals surface area contributed by atoms with Crippen LogP contribution in [-0.2, 0) is 6.42 Å². The monoisotopic (exact) mass is 281 g/mol. The van der Waals surface area contributed by atoms with Crippen molar-refractivity contribution < 1.29 is 1.43 Å². The largest absolute Gasteiger partial charge is 0.368 e. The van der Waals surface area contributed by atoms with Crippen LogP contribution in [0.25, 0.3) is 5.57 Å². The summed E-state index contributed by atoms with van der Waals surface area (Å²) >= 11 is 0. The van der Waals surface area contributed by atoms with Crippen LogP contribution in [-0.4, -0.2) is 16.5 Å². The third kappa shape index (κ3) is 2.54. The van der Waals surface area contributed by atoms with E-state index in [1.165, 1.54) is 0 Å². The maximum Gasteiger partial charge on any atom is 0.220 e. The first-order valence-corrected chi connectivity index (χ1v) is 6.99. The summed E-state index contributed by atoms with van der Waals surface area (Å²) in [5.74, 6) is 0.329. The molecule has 0 aliphatic heterocycles. The summed E-state index contributed by atoms with van der Waals surface area (Å²) in [6.45, 7) is 4.71. The molecule has 0 unspecified atom stereocenters. The third-order valence-electron chi connectivity index (χ3n) is 3.50. The van der Waals surface area contributed by atoms with Gasteiger partial charge in [0.25, 0.3) is 0 Å². The van der Waals surface area contributed by atoms with E-state index in [0.717, 1.165) is 40.1 Å². The van der Waals surface area contributed by atoms with Gasteiger partial charge in [0.05, 0.1) is 17.9 Å². The molecule has 0 bridgehead atoms. The fourth-order valence-electron chi connectivity index (χ4n) is 2.48. The van der Waals surface area contributed by atoms with Gasteiger partial charge in [0.1, 0.15) is 0 Å². The minimum absolute atomic E-state index is 0. The summed E-state index contributed by atoms with van der Waals surface area (Å²) in [5.41, 5.74) is 12.0. The van der Waals surface area contributed by atoms with Crippen molar-refractivity contribution in [1.29, 1.82) is 0 Å². The van der Waals surface area contributed by atoms with Gasteiger partial charge in [-0.3, -0.25) is 0 Å². The average molecular weight is 281 g/mol. The Balaban J connectivity index is 0.00000176. The Labute approximate surface area is 125 Å². The zero-order valence-electron chi connectivity index (χ0n) is 12.2. The van der Waals surface area contributed by atoms with Gasteiger partial charge in [-0.05, 0) is 42.7 Å². The Morgan fingerprint density at radius 3 is 3.00 bits per heavy atom. The summed E-state index contributed by atoms with van der Waals surface area (Å²) in [4.78, 5) is 8.39. The molecule has 5 heteroatoms. The van der Waals surface area contributed by atoms with Crippen molar-refractivity contribution in [3.05, 3.63) is 52.9 Å².